The molecule has 1 amide bonds. The molecule has 1 aromatic heterocycles. The minimum absolute atomic E-state index is 0.0277. The molecule has 1 aliphatic heterocycles. The Kier molecular flexibility index (Phi) is 4.24. The summed E-state index contributed by atoms with van der Waals surface area (Å²) < 4.78 is 44.1. The van der Waals surface area contributed by atoms with Crippen LogP contribution < -0.4 is 0 Å². The van der Waals surface area contributed by atoms with Crippen molar-refractivity contribution in [2.45, 2.75) is 24.1 Å². The zero-order valence-electron chi connectivity index (χ0n) is 12.9. The monoisotopic (exact) mass is 348 g/mol. The number of hydrogen-bond acceptors (Lipinski definition) is 5. The van der Waals surface area contributed by atoms with Crippen LogP contribution in [0.1, 0.15) is 22.5 Å². The Bertz CT molecular complexity index is 757. The van der Waals surface area contributed by atoms with E-state index in [0.717, 1.165) is 15.3 Å². The van der Waals surface area contributed by atoms with Crippen molar-refractivity contribution in [1.29, 1.82) is 0 Å². The van der Waals surface area contributed by atoms with E-state index >= 15 is 0 Å². The molecule has 0 aromatic carbocycles. The topological polar surface area (TPSA) is 108 Å². The number of furan rings is 1. The quantitative estimate of drug-likeness (QED) is 0.848. The van der Waals surface area contributed by atoms with E-state index in [1.165, 1.54) is 21.0 Å². The molecule has 1 unspecified atom stereocenters. The van der Waals surface area contributed by atoms with E-state index in [-0.39, 0.29) is 24.3 Å². The van der Waals surface area contributed by atoms with Crippen LogP contribution in [0.5, 0.6) is 0 Å². The van der Waals surface area contributed by atoms with Gasteiger partial charge in [0.2, 0.25) is 10.8 Å². The van der Waals surface area contributed by atoms with Crippen LogP contribution in [0.25, 0.3) is 0 Å². The van der Waals surface area contributed by atoms with Crippen molar-refractivity contribution >= 4 is 21.9 Å². The average Bonchev–Trinajstić information content (AvgIpc) is 3.03. The van der Waals surface area contributed by atoms with Crippen LogP contribution in [0.4, 0.5) is 4.39 Å². The number of carbonyl (C=O) groups is 2. The molecule has 2 rings (SSSR count). The Morgan fingerprint density at radius 2 is 2.04 bits per heavy atom. The van der Waals surface area contributed by atoms with Gasteiger partial charge in [-0.25, -0.2) is 21.9 Å². The highest BCUT2D eigenvalue weighted by atomic mass is 32.2. The molecule has 128 valence electrons. The summed E-state index contributed by atoms with van der Waals surface area (Å²) in [5, 5.41) is 8.46. The lowest BCUT2D eigenvalue weighted by atomic mass is 10.1. The number of likely N-dealkylation sites (tertiary alicyclic amines) is 1. The van der Waals surface area contributed by atoms with Crippen molar-refractivity contribution in [1.82, 2.24) is 9.21 Å². The third kappa shape index (κ3) is 2.95. The molecule has 23 heavy (non-hydrogen) atoms. The number of sulfonamides is 1. The first-order valence-corrected chi connectivity index (χ1v) is 8.17. The number of alkyl halides is 1. The molecule has 1 aromatic rings. The SMILES string of the molecule is Cc1oc(S(=O)(=O)N(C)C)cc1C(=O)N1CCC(F)(C(=O)O)C1. The number of halogens is 1. The van der Waals surface area contributed by atoms with Gasteiger partial charge >= 0.3 is 5.97 Å². The van der Waals surface area contributed by atoms with Crippen molar-refractivity contribution in [3.63, 3.8) is 0 Å². The molecule has 8 nitrogen and oxygen atoms in total. The van der Waals surface area contributed by atoms with Gasteiger partial charge in [0.25, 0.3) is 15.9 Å². The standard InChI is InChI=1S/C13H17FN2O6S/c1-8-9(6-10(22-8)23(20,21)15(2)3)11(17)16-5-4-13(14,7-16)12(18)19/h6H,4-5,7H2,1-3H3,(H,18,19). The van der Waals surface area contributed by atoms with E-state index < -0.39 is 39.2 Å². The van der Waals surface area contributed by atoms with Crippen LogP contribution in [0.3, 0.4) is 0 Å². The van der Waals surface area contributed by atoms with Gasteiger partial charge in [-0.15, -0.1) is 0 Å². The van der Waals surface area contributed by atoms with Crippen molar-refractivity contribution in [3.8, 4) is 0 Å². The van der Waals surface area contributed by atoms with Gasteiger partial charge in [0, 0.05) is 33.1 Å². The molecule has 1 N–H and O–H groups in total. The summed E-state index contributed by atoms with van der Waals surface area (Å²) in [5.41, 5.74) is -2.51. The fourth-order valence-corrected chi connectivity index (χ4v) is 3.12. The second kappa shape index (κ2) is 5.60. The highest BCUT2D eigenvalue weighted by Crippen LogP contribution is 2.29. The molecule has 0 radical (unpaired) electrons. The van der Waals surface area contributed by atoms with E-state index in [9.17, 15) is 22.4 Å². The van der Waals surface area contributed by atoms with Crippen LogP contribution in [0.2, 0.25) is 0 Å². The van der Waals surface area contributed by atoms with E-state index in [1.807, 2.05) is 0 Å². The number of aryl methyl sites for hydroxylation is 1. The molecule has 10 heteroatoms. The predicted octanol–water partition coefficient (Wildman–Crippen LogP) is 0.477. The lowest BCUT2D eigenvalue weighted by Crippen LogP contribution is -2.39. The highest BCUT2D eigenvalue weighted by Gasteiger charge is 2.47. The second-order valence-electron chi connectivity index (χ2n) is 5.57. The Labute approximate surface area is 132 Å². The fraction of sp³-hybridized carbons (Fsp3) is 0.538. The number of carboxylic acids is 1. The molecule has 2 heterocycles. The smallest absolute Gasteiger partial charge is 0.343 e. The van der Waals surface area contributed by atoms with E-state index in [1.54, 1.807) is 0 Å². The summed E-state index contributed by atoms with van der Waals surface area (Å²) in [6.07, 6.45) is -0.312. The molecule has 1 saturated heterocycles. The normalized spacial score (nSPS) is 21.9. The number of carboxylic acid groups (broad SMARTS) is 1. The van der Waals surface area contributed by atoms with E-state index in [2.05, 4.69) is 0 Å². The van der Waals surface area contributed by atoms with Crippen LogP contribution in [0.15, 0.2) is 15.6 Å². The van der Waals surface area contributed by atoms with Gasteiger partial charge in [0.05, 0.1) is 12.1 Å². The molecular weight excluding hydrogens is 331 g/mol. The fourth-order valence-electron chi connectivity index (χ4n) is 2.27. The highest BCUT2D eigenvalue weighted by molar-refractivity contribution is 7.88. The number of hydrogen-bond donors (Lipinski definition) is 1. The molecule has 1 aliphatic rings. The Hall–Kier alpha value is -1.94. The summed E-state index contributed by atoms with van der Waals surface area (Å²) >= 11 is 0. The van der Waals surface area contributed by atoms with Gasteiger partial charge in [0.15, 0.2) is 0 Å². The first-order chi connectivity index (χ1) is 10.5. The largest absolute Gasteiger partial charge is 0.479 e. The van der Waals surface area contributed by atoms with Crippen molar-refractivity contribution in [3.05, 3.63) is 17.4 Å². The van der Waals surface area contributed by atoms with Crippen LogP contribution in [0, 0.1) is 6.92 Å². The maximum atomic E-state index is 14.0. The van der Waals surface area contributed by atoms with Crippen molar-refractivity contribution < 1.29 is 31.9 Å². The van der Waals surface area contributed by atoms with Crippen LogP contribution in [-0.2, 0) is 14.8 Å². The maximum Gasteiger partial charge on any atom is 0.343 e. The number of aliphatic carboxylic acids is 1. The summed E-state index contributed by atoms with van der Waals surface area (Å²) in [6.45, 7) is 0.765. The predicted molar refractivity (Wildman–Crippen MR) is 76.3 cm³/mol. The first kappa shape index (κ1) is 17.4. The first-order valence-electron chi connectivity index (χ1n) is 6.73. The molecular formula is C13H17FN2O6S. The van der Waals surface area contributed by atoms with Gasteiger partial charge in [-0.2, -0.15) is 0 Å². The van der Waals surface area contributed by atoms with E-state index in [0.29, 0.717) is 0 Å². The van der Waals surface area contributed by atoms with Gasteiger partial charge < -0.3 is 14.4 Å². The minimum Gasteiger partial charge on any atom is -0.479 e. The number of amides is 1. The number of carbonyl (C=O) groups excluding carboxylic acids is 1. The van der Waals surface area contributed by atoms with Gasteiger partial charge in [0.1, 0.15) is 5.76 Å². The zero-order valence-corrected chi connectivity index (χ0v) is 13.7. The lowest BCUT2D eigenvalue weighted by Gasteiger charge is -2.17. The van der Waals surface area contributed by atoms with Crippen LogP contribution >= 0.6 is 0 Å². The summed E-state index contributed by atoms with van der Waals surface area (Å²) in [5.74, 6) is -2.21. The zero-order chi connectivity index (χ0) is 17.6. The number of rotatable bonds is 4. The molecule has 0 saturated carbocycles. The maximum absolute atomic E-state index is 14.0. The lowest BCUT2D eigenvalue weighted by molar-refractivity contribution is -0.149. The molecule has 0 bridgehead atoms. The molecule has 0 aliphatic carbocycles. The van der Waals surface area contributed by atoms with E-state index in [4.69, 9.17) is 9.52 Å². The summed E-state index contributed by atoms with van der Waals surface area (Å²) in [7, 11) is -1.21. The molecule has 1 fully saturated rings. The minimum atomic E-state index is -3.84. The average molecular weight is 348 g/mol. The van der Waals surface area contributed by atoms with Gasteiger partial charge in [-0.1, -0.05) is 0 Å². The molecule has 1 atom stereocenters. The summed E-state index contributed by atoms with van der Waals surface area (Å²) in [4.78, 5) is 24.3. The van der Waals surface area contributed by atoms with Gasteiger partial charge in [-0.3, -0.25) is 4.79 Å². The van der Waals surface area contributed by atoms with Crippen molar-refractivity contribution in [2.75, 3.05) is 27.2 Å². The van der Waals surface area contributed by atoms with Crippen molar-refractivity contribution in [2.24, 2.45) is 0 Å². The number of nitrogens with zero attached hydrogens (tertiary/aromatic N) is 2. The van der Waals surface area contributed by atoms with Crippen LogP contribution in [-0.4, -0.2) is 67.5 Å². The Balaban J connectivity index is 2.29. The third-order valence-electron chi connectivity index (χ3n) is 3.75. The third-order valence-corrected chi connectivity index (χ3v) is 5.42. The van der Waals surface area contributed by atoms with Gasteiger partial charge in [-0.05, 0) is 6.92 Å². The second-order valence-corrected chi connectivity index (χ2v) is 7.65. The Morgan fingerprint density at radius 1 is 1.43 bits per heavy atom. The molecule has 0 spiro atoms. The summed E-state index contributed by atoms with van der Waals surface area (Å²) in [6, 6.07) is 1.08. The Morgan fingerprint density at radius 3 is 2.52 bits per heavy atom.